The lowest BCUT2D eigenvalue weighted by Gasteiger charge is -2.04. The van der Waals surface area contributed by atoms with Crippen LogP contribution in [0.1, 0.15) is 0 Å². The van der Waals surface area contributed by atoms with Crippen molar-refractivity contribution in [2.75, 3.05) is 13.4 Å². The van der Waals surface area contributed by atoms with Crippen LogP contribution in [0, 0.1) is 0 Å². The van der Waals surface area contributed by atoms with Crippen molar-refractivity contribution in [3.05, 3.63) is 18.5 Å². The van der Waals surface area contributed by atoms with E-state index in [1.807, 2.05) is 12.3 Å². The highest BCUT2D eigenvalue weighted by Crippen LogP contribution is 2.23. The van der Waals surface area contributed by atoms with E-state index in [1.165, 1.54) is 11.8 Å². The predicted octanol–water partition coefficient (Wildman–Crippen LogP) is 1.76. The summed E-state index contributed by atoms with van der Waals surface area (Å²) in [4.78, 5) is 12.6. The van der Waals surface area contributed by atoms with Gasteiger partial charge in [0, 0.05) is 6.20 Å². The SMILES string of the molecule is COc1nc(SC)nc2cnccc12. The number of aromatic nitrogens is 3. The van der Waals surface area contributed by atoms with Gasteiger partial charge in [-0.2, -0.15) is 4.98 Å². The molecule has 0 aliphatic heterocycles. The van der Waals surface area contributed by atoms with Gasteiger partial charge in [-0.3, -0.25) is 4.98 Å². The molecule has 0 spiro atoms. The van der Waals surface area contributed by atoms with Crippen molar-refractivity contribution in [1.29, 1.82) is 0 Å². The quantitative estimate of drug-likeness (QED) is 0.554. The van der Waals surface area contributed by atoms with Gasteiger partial charge in [0.05, 0.1) is 24.2 Å². The molecule has 0 unspecified atom stereocenters. The lowest BCUT2D eigenvalue weighted by atomic mass is 10.3. The van der Waals surface area contributed by atoms with Gasteiger partial charge in [0.25, 0.3) is 0 Å². The molecule has 0 aromatic carbocycles. The zero-order chi connectivity index (χ0) is 9.97. The molecule has 4 nitrogen and oxygen atoms in total. The van der Waals surface area contributed by atoms with Crippen molar-refractivity contribution in [3.8, 4) is 5.88 Å². The molecule has 0 saturated heterocycles. The molecule has 2 rings (SSSR count). The second kappa shape index (κ2) is 3.79. The van der Waals surface area contributed by atoms with Crippen LogP contribution in [-0.2, 0) is 0 Å². The first-order valence-electron chi connectivity index (χ1n) is 4.05. The third kappa shape index (κ3) is 1.50. The highest BCUT2D eigenvalue weighted by molar-refractivity contribution is 7.98. The fraction of sp³-hybridized carbons (Fsp3) is 0.222. The third-order valence-electron chi connectivity index (χ3n) is 1.82. The molecule has 5 heteroatoms. The zero-order valence-corrected chi connectivity index (χ0v) is 8.71. The van der Waals surface area contributed by atoms with Gasteiger partial charge in [-0.15, -0.1) is 0 Å². The fourth-order valence-electron chi connectivity index (χ4n) is 1.18. The van der Waals surface area contributed by atoms with Crippen molar-refractivity contribution in [1.82, 2.24) is 15.0 Å². The molecule has 0 aliphatic rings. The smallest absolute Gasteiger partial charge is 0.225 e. The van der Waals surface area contributed by atoms with Crippen LogP contribution in [0.25, 0.3) is 10.9 Å². The summed E-state index contributed by atoms with van der Waals surface area (Å²) in [5.74, 6) is 0.599. The molecule has 0 saturated carbocycles. The number of methoxy groups -OCH3 is 1. The lowest BCUT2D eigenvalue weighted by Crippen LogP contribution is -1.94. The molecular weight excluding hydrogens is 198 g/mol. The first-order valence-corrected chi connectivity index (χ1v) is 5.27. The number of rotatable bonds is 2. The molecule has 2 aromatic heterocycles. The Hall–Kier alpha value is -1.36. The van der Waals surface area contributed by atoms with Crippen LogP contribution in [0.2, 0.25) is 0 Å². The van der Waals surface area contributed by atoms with Gasteiger partial charge in [-0.05, 0) is 12.3 Å². The molecule has 0 fully saturated rings. The fourth-order valence-corrected chi connectivity index (χ4v) is 1.54. The van der Waals surface area contributed by atoms with Crippen LogP contribution in [0.3, 0.4) is 0 Å². The van der Waals surface area contributed by atoms with E-state index in [4.69, 9.17) is 4.74 Å². The van der Waals surface area contributed by atoms with Gasteiger partial charge in [0.15, 0.2) is 5.16 Å². The summed E-state index contributed by atoms with van der Waals surface area (Å²) in [6, 6.07) is 1.85. The Bertz CT molecular complexity index is 461. The maximum Gasteiger partial charge on any atom is 0.225 e. The summed E-state index contributed by atoms with van der Waals surface area (Å²) in [5, 5.41) is 1.59. The van der Waals surface area contributed by atoms with E-state index < -0.39 is 0 Å². The normalized spacial score (nSPS) is 10.4. The summed E-state index contributed by atoms with van der Waals surface area (Å²) < 4.78 is 5.18. The van der Waals surface area contributed by atoms with Gasteiger partial charge >= 0.3 is 0 Å². The second-order valence-electron chi connectivity index (χ2n) is 2.61. The Kier molecular flexibility index (Phi) is 2.49. The van der Waals surface area contributed by atoms with E-state index in [1.54, 1.807) is 19.5 Å². The molecule has 2 aromatic rings. The first-order chi connectivity index (χ1) is 6.85. The van der Waals surface area contributed by atoms with Crippen LogP contribution < -0.4 is 4.74 Å². The maximum absolute atomic E-state index is 5.18. The summed E-state index contributed by atoms with van der Waals surface area (Å²) in [5.41, 5.74) is 0.809. The Morgan fingerprint density at radius 1 is 1.36 bits per heavy atom. The van der Waals surface area contributed by atoms with Gasteiger partial charge in [0.1, 0.15) is 0 Å². The largest absolute Gasteiger partial charge is 0.480 e. The van der Waals surface area contributed by atoms with Crippen molar-refractivity contribution >= 4 is 22.7 Å². The number of fused-ring (bicyclic) bond motifs is 1. The van der Waals surface area contributed by atoms with E-state index in [0.717, 1.165) is 10.9 Å². The molecular formula is C9H9N3OS. The number of thioether (sulfide) groups is 1. The van der Waals surface area contributed by atoms with E-state index in [0.29, 0.717) is 11.0 Å². The zero-order valence-electron chi connectivity index (χ0n) is 7.89. The monoisotopic (exact) mass is 207 g/mol. The van der Waals surface area contributed by atoms with Gasteiger partial charge in [-0.25, -0.2) is 4.98 Å². The molecule has 0 atom stereocenters. The Morgan fingerprint density at radius 2 is 2.21 bits per heavy atom. The molecule has 0 aliphatic carbocycles. The first kappa shape index (κ1) is 9.21. The second-order valence-corrected chi connectivity index (χ2v) is 3.39. The van der Waals surface area contributed by atoms with Crippen molar-refractivity contribution in [2.45, 2.75) is 5.16 Å². The van der Waals surface area contributed by atoms with Gasteiger partial charge < -0.3 is 4.74 Å². The number of nitrogens with zero attached hydrogens (tertiary/aromatic N) is 3. The van der Waals surface area contributed by atoms with Crippen molar-refractivity contribution < 1.29 is 4.74 Å². The van der Waals surface area contributed by atoms with E-state index >= 15 is 0 Å². The minimum Gasteiger partial charge on any atom is -0.480 e. The molecule has 0 amide bonds. The summed E-state index contributed by atoms with van der Waals surface area (Å²) in [6.45, 7) is 0. The highest BCUT2D eigenvalue weighted by atomic mass is 32.2. The average molecular weight is 207 g/mol. The Labute approximate surface area is 85.7 Å². The maximum atomic E-state index is 5.18. The molecule has 72 valence electrons. The molecule has 14 heavy (non-hydrogen) atoms. The molecule has 0 radical (unpaired) electrons. The summed E-state index contributed by atoms with van der Waals surface area (Å²) >= 11 is 1.48. The van der Waals surface area contributed by atoms with Crippen molar-refractivity contribution in [2.24, 2.45) is 0 Å². The number of hydrogen-bond acceptors (Lipinski definition) is 5. The average Bonchev–Trinajstić information content (AvgIpc) is 2.27. The third-order valence-corrected chi connectivity index (χ3v) is 2.37. The molecule has 0 bridgehead atoms. The van der Waals surface area contributed by atoms with Crippen LogP contribution in [0.5, 0.6) is 5.88 Å². The van der Waals surface area contributed by atoms with Crippen LogP contribution in [-0.4, -0.2) is 28.3 Å². The van der Waals surface area contributed by atoms with Crippen LogP contribution in [0.15, 0.2) is 23.6 Å². The standard InChI is InChI=1S/C9H9N3OS/c1-13-8-6-3-4-10-5-7(6)11-9(12-8)14-2/h3-5H,1-2H3. The highest BCUT2D eigenvalue weighted by Gasteiger charge is 2.06. The van der Waals surface area contributed by atoms with E-state index in [9.17, 15) is 0 Å². The molecule has 0 N–H and O–H groups in total. The topological polar surface area (TPSA) is 47.9 Å². The van der Waals surface area contributed by atoms with Crippen LogP contribution in [0.4, 0.5) is 0 Å². The summed E-state index contributed by atoms with van der Waals surface area (Å²) in [6.07, 6.45) is 5.34. The van der Waals surface area contributed by atoms with Gasteiger partial charge in [-0.1, -0.05) is 11.8 Å². The minimum atomic E-state index is 0.599. The number of ether oxygens (including phenoxy) is 1. The molecule has 2 heterocycles. The minimum absolute atomic E-state index is 0.599. The van der Waals surface area contributed by atoms with Gasteiger partial charge in [0.2, 0.25) is 5.88 Å². The number of hydrogen-bond donors (Lipinski definition) is 0. The number of pyridine rings is 1. The van der Waals surface area contributed by atoms with Crippen molar-refractivity contribution in [3.63, 3.8) is 0 Å². The Balaban J connectivity index is 2.73. The van der Waals surface area contributed by atoms with E-state index in [-0.39, 0.29) is 0 Å². The van der Waals surface area contributed by atoms with Crippen LogP contribution >= 0.6 is 11.8 Å². The van der Waals surface area contributed by atoms with E-state index in [2.05, 4.69) is 15.0 Å². The Morgan fingerprint density at radius 3 is 2.93 bits per heavy atom. The summed E-state index contributed by atoms with van der Waals surface area (Å²) in [7, 11) is 1.60. The predicted molar refractivity (Wildman–Crippen MR) is 55.7 cm³/mol. The lowest BCUT2D eigenvalue weighted by molar-refractivity contribution is 0.398.